The lowest BCUT2D eigenvalue weighted by Crippen LogP contribution is -2.24. The highest BCUT2D eigenvalue weighted by Crippen LogP contribution is 2.53. The number of fused-ring (bicyclic) bond motifs is 7. The molecule has 4 aromatic rings. The molecule has 25 heavy (non-hydrogen) atoms. The van der Waals surface area contributed by atoms with Crippen LogP contribution in [0.4, 0.5) is 0 Å². The molecule has 6 rings (SSSR count). The van der Waals surface area contributed by atoms with Crippen LogP contribution in [0.15, 0.2) is 72.8 Å². The molecule has 0 saturated heterocycles. The second-order valence-electron chi connectivity index (χ2n) is 6.93. The summed E-state index contributed by atoms with van der Waals surface area (Å²) < 4.78 is 12.7. The molecule has 2 aliphatic rings. The van der Waals surface area contributed by atoms with Gasteiger partial charge in [0, 0.05) is 24.0 Å². The summed E-state index contributed by atoms with van der Waals surface area (Å²) in [7, 11) is 0. The lowest BCUT2D eigenvalue weighted by Gasteiger charge is -2.17. The van der Waals surface area contributed by atoms with E-state index in [-0.39, 0.29) is 0 Å². The average molecular weight is 324 g/mol. The summed E-state index contributed by atoms with van der Waals surface area (Å²) in [6.07, 6.45) is 1.87. The fraction of sp³-hybridized carbons (Fsp3) is 0.130. The lowest BCUT2D eigenvalue weighted by molar-refractivity contribution is -0.0174. The van der Waals surface area contributed by atoms with Crippen molar-refractivity contribution in [2.24, 2.45) is 0 Å². The minimum Gasteiger partial charge on any atom is -0.452 e. The zero-order chi connectivity index (χ0) is 16.4. The molecule has 1 aliphatic heterocycles. The zero-order valence-electron chi connectivity index (χ0n) is 13.7. The molecule has 0 bridgehead atoms. The summed E-state index contributed by atoms with van der Waals surface area (Å²) in [5.74, 6) is 1.36. The predicted octanol–water partition coefficient (Wildman–Crippen LogP) is 5.92. The van der Waals surface area contributed by atoms with E-state index in [1.165, 1.54) is 21.5 Å². The topological polar surface area (TPSA) is 18.5 Å². The highest BCUT2D eigenvalue weighted by molar-refractivity contribution is 6.10. The second kappa shape index (κ2) is 4.54. The van der Waals surface area contributed by atoms with Crippen LogP contribution < -0.4 is 9.47 Å². The Labute approximate surface area is 145 Å². The Hall–Kier alpha value is -3.00. The first-order valence-electron chi connectivity index (χ1n) is 8.75. The summed E-state index contributed by atoms with van der Waals surface area (Å²) >= 11 is 0. The van der Waals surface area contributed by atoms with Gasteiger partial charge in [0.1, 0.15) is 11.5 Å². The van der Waals surface area contributed by atoms with Crippen molar-refractivity contribution in [2.45, 2.75) is 18.6 Å². The van der Waals surface area contributed by atoms with Gasteiger partial charge < -0.3 is 9.47 Å². The number of benzene rings is 4. The van der Waals surface area contributed by atoms with E-state index >= 15 is 0 Å². The maximum Gasteiger partial charge on any atom is 0.251 e. The van der Waals surface area contributed by atoms with E-state index in [2.05, 4.69) is 72.8 Å². The first-order chi connectivity index (χ1) is 12.3. The molecule has 1 spiro atoms. The minimum atomic E-state index is -0.481. The van der Waals surface area contributed by atoms with Crippen molar-refractivity contribution in [1.29, 1.82) is 0 Å². The van der Waals surface area contributed by atoms with Crippen LogP contribution in [0.2, 0.25) is 0 Å². The van der Waals surface area contributed by atoms with Crippen molar-refractivity contribution in [3.05, 3.63) is 72.8 Å². The van der Waals surface area contributed by atoms with Crippen LogP contribution >= 0.6 is 0 Å². The van der Waals surface area contributed by atoms with E-state index in [4.69, 9.17) is 9.47 Å². The molecule has 2 heteroatoms. The fourth-order valence-electron chi connectivity index (χ4n) is 3.92. The molecular weight excluding hydrogens is 308 g/mol. The number of hydrogen-bond acceptors (Lipinski definition) is 2. The summed E-state index contributed by atoms with van der Waals surface area (Å²) in [5.41, 5.74) is 2.29. The minimum absolute atomic E-state index is 0.481. The van der Waals surface area contributed by atoms with Gasteiger partial charge in [-0.3, -0.25) is 0 Å². The number of rotatable bonds is 0. The Kier molecular flexibility index (Phi) is 2.42. The maximum atomic E-state index is 6.37. The van der Waals surface area contributed by atoms with E-state index in [1.54, 1.807) is 0 Å². The average Bonchev–Trinajstić information content (AvgIpc) is 3.43. The summed E-state index contributed by atoms with van der Waals surface area (Å²) in [4.78, 5) is 0. The smallest absolute Gasteiger partial charge is 0.251 e. The van der Waals surface area contributed by atoms with Crippen LogP contribution in [0, 0.1) is 0 Å². The van der Waals surface area contributed by atoms with Crippen molar-refractivity contribution < 1.29 is 9.47 Å². The van der Waals surface area contributed by atoms with Crippen molar-refractivity contribution in [3.63, 3.8) is 0 Å². The molecule has 0 N–H and O–H groups in total. The summed E-state index contributed by atoms with van der Waals surface area (Å²) in [6, 6.07) is 25.5. The van der Waals surface area contributed by atoms with Gasteiger partial charge in [0.15, 0.2) is 0 Å². The van der Waals surface area contributed by atoms with E-state index in [0.717, 1.165) is 35.5 Å². The van der Waals surface area contributed by atoms with Crippen molar-refractivity contribution >= 4 is 21.5 Å². The molecular formula is C23H16O2. The molecule has 0 aromatic heterocycles. The Morgan fingerprint density at radius 2 is 1.04 bits per heavy atom. The summed E-state index contributed by atoms with van der Waals surface area (Å²) in [5, 5.41) is 4.85. The Balaban J connectivity index is 1.82. The quantitative estimate of drug-likeness (QED) is 0.399. The van der Waals surface area contributed by atoms with Crippen LogP contribution in [0.1, 0.15) is 12.8 Å². The highest BCUT2D eigenvalue weighted by atomic mass is 16.7. The SMILES string of the molecule is c1ccc2c3c(ccc2c1)OC1(CC1)Oc1ccc2ccccc2c1-3. The first kappa shape index (κ1) is 13.3. The highest BCUT2D eigenvalue weighted by Gasteiger charge is 2.51. The van der Waals surface area contributed by atoms with Crippen LogP contribution in [0.3, 0.4) is 0 Å². The maximum absolute atomic E-state index is 6.37. The van der Waals surface area contributed by atoms with E-state index < -0.39 is 5.79 Å². The Morgan fingerprint density at radius 3 is 1.52 bits per heavy atom. The molecule has 1 aliphatic carbocycles. The third-order valence-electron chi connectivity index (χ3n) is 5.28. The predicted molar refractivity (Wildman–Crippen MR) is 100 cm³/mol. The van der Waals surface area contributed by atoms with Gasteiger partial charge in [-0.05, 0) is 33.7 Å². The van der Waals surface area contributed by atoms with Crippen molar-refractivity contribution in [3.8, 4) is 22.6 Å². The van der Waals surface area contributed by atoms with Gasteiger partial charge in [0.2, 0.25) is 0 Å². The van der Waals surface area contributed by atoms with Crippen molar-refractivity contribution in [2.75, 3.05) is 0 Å². The van der Waals surface area contributed by atoms with Gasteiger partial charge in [-0.2, -0.15) is 0 Å². The molecule has 0 unspecified atom stereocenters. The van der Waals surface area contributed by atoms with Crippen LogP contribution in [0.25, 0.3) is 32.7 Å². The lowest BCUT2D eigenvalue weighted by atomic mass is 9.92. The third kappa shape index (κ3) is 1.85. The van der Waals surface area contributed by atoms with Gasteiger partial charge in [0.25, 0.3) is 5.79 Å². The Bertz CT molecular complexity index is 1070. The molecule has 0 amide bonds. The zero-order valence-corrected chi connectivity index (χ0v) is 13.7. The molecule has 2 nitrogen and oxygen atoms in total. The molecule has 1 heterocycles. The van der Waals surface area contributed by atoms with E-state index in [9.17, 15) is 0 Å². The Morgan fingerprint density at radius 1 is 0.560 bits per heavy atom. The molecule has 120 valence electrons. The molecule has 4 aromatic carbocycles. The first-order valence-corrected chi connectivity index (χ1v) is 8.75. The monoisotopic (exact) mass is 324 g/mol. The fourth-order valence-corrected chi connectivity index (χ4v) is 3.92. The van der Waals surface area contributed by atoms with Crippen LogP contribution in [-0.4, -0.2) is 5.79 Å². The standard InChI is InChI=1S/C23H16O2/c1-3-7-17-15(5-1)9-11-19-21(17)22-18-8-4-2-6-16(18)10-12-20(22)25-23(24-19)13-14-23/h1-12H,13-14H2. The second-order valence-corrected chi connectivity index (χ2v) is 6.93. The molecule has 0 radical (unpaired) electrons. The number of ether oxygens (including phenoxy) is 2. The molecule has 1 saturated carbocycles. The normalized spacial score (nSPS) is 16.6. The van der Waals surface area contributed by atoms with Gasteiger partial charge in [-0.15, -0.1) is 0 Å². The molecule has 1 fully saturated rings. The van der Waals surface area contributed by atoms with Crippen LogP contribution in [-0.2, 0) is 0 Å². The van der Waals surface area contributed by atoms with Gasteiger partial charge in [-0.25, -0.2) is 0 Å². The number of hydrogen-bond donors (Lipinski definition) is 0. The third-order valence-corrected chi connectivity index (χ3v) is 5.28. The van der Waals surface area contributed by atoms with Crippen LogP contribution in [0.5, 0.6) is 11.5 Å². The van der Waals surface area contributed by atoms with E-state index in [0.29, 0.717) is 0 Å². The molecule has 0 atom stereocenters. The largest absolute Gasteiger partial charge is 0.452 e. The summed E-state index contributed by atoms with van der Waals surface area (Å²) in [6.45, 7) is 0. The van der Waals surface area contributed by atoms with Gasteiger partial charge in [-0.1, -0.05) is 60.7 Å². The van der Waals surface area contributed by atoms with Gasteiger partial charge in [0.05, 0.1) is 0 Å². The van der Waals surface area contributed by atoms with Gasteiger partial charge >= 0.3 is 0 Å². The van der Waals surface area contributed by atoms with E-state index in [1.807, 2.05) is 0 Å². The van der Waals surface area contributed by atoms with Crippen molar-refractivity contribution in [1.82, 2.24) is 0 Å².